The summed E-state index contributed by atoms with van der Waals surface area (Å²) in [5.41, 5.74) is 2.21. The molecule has 3 rings (SSSR count). The number of nitrogens with zero attached hydrogens (tertiary/aromatic N) is 2. The minimum Gasteiger partial charge on any atom is -0.465 e. The molecule has 1 heterocycles. The number of rotatable bonds is 6. The third-order valence-electron chi connectivity index (χ3n) is 3.97. The van der Waals surface area contributed by atoms with E-state index in [1.807, 2.05) is 54.6 Å². The fraction of sp³-hybridized carbons (Fsp3) is 0.190. The molecule has 0 aliphatic carbocycles. The van der Waals surface area contributed by atoms with Gasteiger partial charge in [0.25, 0.3) is 5.91 Å². The van der Waals surface area contributed by atoms with Crippen LogP contribution in [0.15, 0.2) is 66.9 Å². The predicted octanol–water partition coefficient (Wildman–Crippen LogP) is 3.44. The van der Waals surface area contributed by atoms with E-state index in [1.165, 1.54) is 4.90 Å². The van der Waals surface area contributed by atoms with E-state index in [0.717, 1.165) is 16.5 Å². The van der Waals surface area contributed by atoms with Crippen LogP contribution in [0.3, 0.4) is 0 Å². The molecule has 3 aromatic rings. The molecule has 0 unspecified atom stereocenters. The molecule has 5 heteroatoms. The number of carbonyl (C=O) groups excluding carboxylic acids is 2. The molecule has 0 N–H and O–H groups in total. The summed E-state index contributed by atoms with van der Waals surface area (Å²) >= 11 is 0. The molecule has 26 heavy (non-hydrogen) atoms. The molecule has 0 aliphatic rings. The zero-order valence-electron chi connectivity index (χ0n) is 14.6. The van der Waals surface area contributed by atoms with Crippen LogP contribution in [-0.2, 0) is 16.1 Å². The van der Waals surface area contributed by atoms with Crippen molar-refractivity contribution in [2.45, 2.75) is 13.5 Å². The van der Waals surface area contributed by atoms with E-state index in [-0.39, 0.29) is 19.1 Å². The maximum Gasteiger partial charge on any atom is 0.325 e. The molecule has 0 atom stereocenters. The SMILES string of the molecule is CCOC(=O)CN(Cc1ccccc1)C(=O)c1cnc2ccccc2c1. The lowest BCUT2D eigenvalue weighted by molar-refractivity contribution is -0.143. The number of hydrogen-bond donors (Lipinski definition) is 0. The minimum atomic E-state index is -0.425. The van der Waals surface area contributed by atoms with Gasteiger partial charge in [0, 0.05) is 18.1 Å². The van der Waals surface area contributed by atoms with Gasteiger partial charge in [-0.25, -0.2) is 0 Å². The van der Waals surface area contributed by atoms with Gasteiger partial charge in [0.1, 0.15) is 6.54 Å². The Morgan fingerprint density at radius 2 is 1.77 bits per heavy atom. The summed E-state index contributed by atoms with van der Waals surface area (Å²) in [7, 11) is 0. The lowest BCUT2D eigenvalue weighted by atomic mass is 10.1. The Morgan fingerprint density at radius 3 is 2.54 bits per heavy atom. The summed E-state index contributed by atoms with van der Waals surface area (Å²) < 4.78 is 5.02. The van der Waals surface area contributed by atoms with Crippen LogP contribution >= 0.6 is 0 Å². The number of fused-ring (bicyclic) bond motifs is 1. The van der Waals surface area contributed by atoms with E-state index in [2.05, 4.69) is 4.98 Å². The number of pyridine rings is 1. The second kappa shape index (κ2) is 8.25. The zero-order valence-corrected chi connectivity index (χ0v) is 14.6. The molecule has 0 fully saturated rings. The van der Waals surface area contributed by atoms with Gasteiger partial charge >= 0.3 is 5.97 Å². The lowest BCUT2D eigenvalue weighted by Crippen LogP contribution is -2.36. The normalized spacial score (nSPS) is 10.5. The molecular formula is C21H20N2O3. The van der Waals surface area contributed by atoms with Crippen molar-refractivity contribution in [3.05, 3.63) is 78.0 Å². The highest BCUT2D eigenvalue weighted by atomic mass is 16.5. The van der Waals surface area contributed by atoms with Gasteiger partial charge in [-0.2, -0.15) is 0 Å². The quantitative estimate of drug-likeness (QED) is 0.640. The summed E-state index contributed by atoms with van der Waals surface area (Å²) in [6.45, 7) is 2.25. The highest BCUT2D eigenvalue weighted by Gasteiger charge is 2.20. The molecular weight excluding hydrogens is 328 g/mol. The molecule has 0 radical (unpaired) electrons. The molecule has 0 aliphatic heterocycles. The van der Waals surface area contributed by atoms with Crippen LogP contribution in [0, 0.1) is 0 Å². The Bertz CT molecular complexity index is 909. The molecule has 5 nitrogen and oxygen atoms in total. The van der Waals surface area contributed by atoms with Crippen LogP contribution in [0.25, 0.3) is 10.9 Å². The molecule has 2 aromatic carbocycles. The van der Waals surface area contributed by atoms with Gasteiger partial charge in [0.2, 0.25) is 0 Å². The molecule has 0 bridgehead atoms. The van der Waals surface area contributed by atoms with Crippen molar-refractivity contribution in [1.82, 2.24) is 9.88 Å². The number of carbonyl (C=O) groups is 2. The van der Waals surface area contributed by atoms with Crippen molar-refractivity contribution < 1.29 is 14.3 Å². The monoisotopic (exact) mass is 348 g/mol. The second-order valence-corrected chi connectivity index (χ2v) is 5.87. The number of benzene rings is 2. The van der Waals surface area contributed by atoms with Crippen molar-refractivity contribution >= 4 is 22.8 Å². The topological polar surface area (TPSA) is 59.5 Å². The van der Waals surface area contributed by atoms with Crippen LogP contribution in [0.4, 0.5) is 0 Å². The number of aromatic nitrogens is 1. The first-order valence-electron chi connectivity index (χ1n) is 8.51. The molecule has 0 saturated carbocycles. The Labute approximate surface area is 152 Å². The summed E-state index contributed by atoms with van der Waals surface area (Å²) in [4.78, 5) is 30.8. The highest BCUT2D eigenvalue weighted by Crippen LogP contribution is 2.16. The van der Waals surface area contributed by atoms with Gasteiger partial charge in [-0.3, -0.25) is 14.6 Å². The number of esters is 1. The summed E-state index contributed by atoms with van der Waals surface area (Å²) in [5, 5.41) is 0.883. The largest absolute Gasteiger partial charge is 0.465 e. The summed E-state index contributed by atoms with van der Waals surface area (Å²) in [6.07, 6.45) is 1.55. The average molecular weight is 348 g/mol. The van der Waals surface area contributed by atoms with Gasteiger partial charge in [-0.05, 0) is 24.6 Å². The molecule has 0 spiro atoms. The predicted molar refractivity (Wildman–Crippen MR) is 99.6 cm³/mol. The first-order valence-corrected chi connectivity index (χ1v) is 8.51. The van der Waals surface area contributed by atoms with E-state index in [1.54, 1.807) is 19.2 Å². The first-order chi connectivity index (χ1) is 12.7. The third-order valence-corrected chi connectivity index (χ3v) is 3.97. The molecule has 1 aromatic heterocycles. The molecule has 1 amide bonds. The van der Waals surface area contributed by atoms with Crippen molar-refractivity contribution in [2.75, 3.05) is 13.2 Å². The maximum absolute atomic E-state index is 13.0. The van der Waals surface area contributed by atoms with E-state index >= 15 is 0 Å². The van der Waals surface area contributed by atoms with Crippen molar-refractivity contribution in [3.8, 4) is 0 Å². The van der Waals surface area contributed by atoms with E-state index in [9.17, 15) is 9.59 Å². The average Bonchev–Trinajstić information content (AvgIpc) is 2.67. The lowest BCUT2D eigenvalue weighted by Gasteiger charge is -2.22. The van der Waals surface area contributed by atoms with E-state index < -0.39 is 5.97 Å². The minimum absolute atomic E-state index is 0.103. The number of para-hydroxylation sites is 1. The van der Waals surface area contributed by atoms with Crippen LogP contribution in [-0.4, -0.2) is 34.9 Å². The summed E-state index contributed by atoms with van der Waals surface area (Å²) in [6, 6.07) is 19.0. The van der Waals surface area contributed by atoms with Gasteiger partial charge in [-0.15, -0.1) is 0 Å². The van der Waals surface area contributed by atoms with Gasteiger partial charge in [0.05, 0.1) is 17.7 Å². The van der Waals surface area contributed by atoms with Crippen LogP contribution in [0.1, 0.15) is 22.8 Å². The van der Waals surface area contributed by atoms with Crippen molar-refractivity contribution in [1.29, 1.82) is 0 Å². The fourth-order valence-electron chi connectivity index (χ4n) is 2.74. The highest BCUT2D eigenvalue weighted by molar-refractivity contribution is 5.98. The van der Waals surface area contributed by atoms with Gasteiger partial charge < -0.3 is 9.64 Å². The Kier molecular flexibility index (Phi) is 5.59. The van der Waals surface area contributed by atoms with E-state index in [4.69, 9.17) is 4.74 Å². The smallest absolute Gasteiger partial charge is 0.325 e. The summed E-state index contributed by atoms with van der Waals surface area (Å²) in [5.74, 6) is -0.675. The fourth-order valence-corrected chi connectivity index (χ4v) is 2.74. The molecule has 0 saturated heterocycles. The number of ether oxygens (including phenoxy) is 1. The maximum atomic E-state index is 13.0. The van der Waals surface area contributed by atoms with Gasteiger partial charge in [-0.1, -0.05) is 48.5 Å². The first kappa shape index (κ1) is 17.6. The van der Waals surface area contributed by atoms with Crippen LogP contribution < -0.4 is 0 Å². The Morgan fingerprint density at radius 1 is 1.04 bits per heavy atom. The number of hydrogen-bond acceptors (Lipinski definition) is 4. The number of amides is 1. The Balaban J connectivity index is 1.87. The van der Waals surface area contributed by atoms with Crippen LogP contribution in [0.5, 0.6) is 0 Å². The zero-order chi connectivity index (χ0) is 18.4. The van der Waals surface area contributed by atoms with E-state index in [0.29, 0.717) is 12.1 Å². The van der Waals surface area contributed by atoms with Gasteiger partial charge in [0.15, 0.2) is 0 Å². The standard InChI is InChI=1S/C21H20N2O3/c1-2-26-20(24)15-23(14-16-8-4-3-5-9-16)21(25)18-12-17-10-6-7-11-19(17)22-13-18/h3-13H,2,14-15H2,1H3. The van der Waals surface area contributed by atoms with Crippen molar-refractivity contribution in [3.63, 3.8) is 0 Å². The second-order valence-electron chi connectivity index (χ2n) is 5.87. The molecule has 132 valence electrons. The van der Waals surface area contributed by atoms with Crippen LogP contribution in [0.2, 0.25) is 0 Å². The van der Waals surface area contributed by atoms with Crippen molar-refractivity contribution in [2.24, 2.45) is 0 Å². The third kappa shape index (κ3) is 4.25. The Hall–Kier alpha value is -3.21.